The van der Waals surface area contributed by atoms with Gasteiger partial charge in [-0.3, -0.25) is 0 Å². The molecule has 0 radical (unpaired) electrons. The van der Waals surface area contributed by atoms with Crippen LogP contribution in [0.1, 0.15) is 26.7 Å². The van der Waals surface area contributed by atoms with E-state index in [1.165, 1.54) is 12.8 Å². The van der Waals surface area contributed by atoms with Crippen molar-refractivity contribution < 1.29 is 5.11 Å². The molecule has 0 aromatic carbocycles. The average molecular weight is 152 g/mol. The number of hydrogen-bond donors (Lipinski definition) is 1. The normalized spacial score (nSPS) is 70.6. The van der Waals surface area contributed by atoms with E-state index < -0.39 is 0 Å². The first kappa shape index (κ1) is 6.47. The lowest BCUT2D eigenvalue weighted by Crippen LogP contribution is -2.31. The molecule has 0 spiro atoms. The van der Waals surface area contributed by atoms with Gasteiger partial charge in [0, 0.05) is 6.61 Å². The van der Waals surface area contributed by atoms with Crippen LogP contribution in [0.5, 0.6) is 0 Å². The highest BCUT2D eigenvalue weighted by Gasteiger charge is 2.81. The average Bonchev–Trinajstić information content (AvgIpc) is 2.42. The standard InChI is InChI=1S/C10H16O/c1-9(5-11)6-3-7-8(4-6)10(7,9)2/h6-8,11H,3-5H2,1-2H3/t6?,7-,8-,9+,10?/m1/s1. The van der Waals surface area contributed by atoms with Gasteiger partial charge in [-0.05, 0) is 41.4 Å². The van der Waals surface area contributed by atoms with E-state index >= 15 is 0 Å². The van der Waals surface area contributed by atoms with Crippen molar-refractivity contribution in [2.24, 2.45) is 28.6 Å². The first-order chi connectivity index (χ1) is 5.14. The molecule has 0 saturated heterocycles. The number of hydrogen-bond acceptors (Lipinski definition) is 1. The van der Waals surface area contributed by atoms with Gasteiger partial charge in [-0.25, -0.2) is 0 Å². The third-order valence-corrected chi connectivity index (χ3v) is 5.45. The molecule has 1 N–H and O–H groups in total. The fourth-order valence-corrected chi connectivity index (χ4v) is 4.33. The zero-order valence-corrected chi connectivity index (χ0v) is 7.30. The Morgan fingerprint density at radius 3 is 2.00 bits per heavy atom. The van der Waals surface area contributed by atoms with E-state index in [2.05, 4.69) is 13.8 Å². The maximum absolute atomic E-state index is 9.38. The molecule has 4 rings (SSSR count). The minimum absolute atomic E-state index is 0.294. The summed E-state index contributed by atoms with van der Waals surface area (Å²) in [5.41, 5.74) is 0.842. The molecule has 3 atom stereocenters. The Bertz CT molecular complexity index is 211. The van der Waals surface area contributed by atoms with E-state index in [0.717, 1.165) is 17.8 Å². The highest BCUT2D eigenvalue weighted by atomic mass is 16.3. The molecule has 4 saturated carbocycles. The van der Waals surface area contributed by atoms with Crippen molar-refractivity contribution in [1.29, 1.82) is 0 Å². The third kappa shape index (κ3) is 0.395. The van der Waals surface area contributed by atoms with Gasteiger partial charge in [-0.2, -0.15) is 0 Å². The monoisotopic (exact) mass is 152 g/mol. The lowest BCUT2D eigenvalue weighted by Gasteiger charge is -2.31. The van der Waals surface area contributed by atoms with Crippen molar-refractivity contribution in [3.05, 3.63) is 0 Å². The van der Waals surface area contributed by atoms with Crippen molar-refractivity contribution in [3.8, 4) is 0 Å². The molecule has 0 amide bonds. The van der Waals surface area contributed by atoms with Gasteiger partial charge in [0.15, 0.2) is 0 Å². The van der Waals surface area contributed by atoms with Crippen LogP contribution in [-0.4, -0.2) is 11.7 Å². The second-order valence-electron chi connectivity index (χ2n) is 5.24. The van der Waals surface area contributed by atoms with Crippen LogP contribution in [0, 0.1) is 28.6 Å². The van der Waals surface area contributed by atoms with E-state index in [4.69, 9.17) is 0 Å². The van der Waals surface area contributed by atoms with E-state index in [-0.39, 0.29) is 0 Å². The van der Waals surface area contributed by atoms with E-state index in [0.29, 0.717) is 17.4 Å². The molecule has 0 unspecified atom stereocenters. The largest absolute Gasteiger partial charge is 0.396 e. The summed E-state index contributed by atoms with van der Waals surface area (Å²) in [7, 11) is 0. The van der Waals surface area contributed by atoms with Crippen LogP contribution in [0.4, 0.5) is 0 Å². The van der Waals surface area contributed by atoms with Crippen LogP contribution in [0.25, 0.3) is 0 Å². The molecular weight excluding hydrogens is 136 g/mol. The van der Waals surface area contributed by atoms with Gasteiger partial charge >= 0.3 is 0 Å². The van der Waals surface area contributed by atoms with Gasteiger partial charge in [0.2, 0.25) is 0 Å². The van der Waals surface area contributed by atoms with Gasteiger partial charge < -0.3 is 5.11 Å². The lowest BCUT2D eigenvalue weighted by atomic mass is 9.75. The quantitative estimate of drug-likeness (QED) is 0.606. The zero-order chi connectivity index (χ0) is 7.85. The third-order valence-electron chi connectivity index (χ3n) is 5.45. The van der Waals surface area contributed by atoms with Gasteiger partial charge in [0.05, 0.1) is 0 Å². The minimum Gasteiger partial charge on any atom is -0.396 e. The first-order valence-electron chi connectivity index (χ1n) is 4.75. The van der Waals surface area contributed by atoms with Gasteiger partial charge in [0.25, 0.3) is 0 Å². The summed E-state index contributed by atoms with van der Waals surface area (Å²) in [6.45, 7) is 5.11. The first-order valence-corrected chi connectivity index (χ1v) is 4.75. The topological polar surface area (TPSA) is 20.2 Å². The zero-order valence-electron chi connectivity index (χ0n) is 7.30. The van der Waals surface area contributed by atoms with Crippen molar-refractivity contribution in [1.82, 2.24) is 0 Å². The molecule has 0 aromatic rings. The fraction of sp³-hybridized carbons (Fsp3) is 1.00. The molecule has 4 bridgehead atoms. The molecule has 4 fully saturated rings. The van der Waals surface area contributed by atoms with E-state index in [9.17, 15) is 5.11 Å². The second kappa shape index (κ2) is 1.39. The van der Waals surface area contributed by atoms with Crippen molar-refractivity contribution in [2.75, 3.05) is 6.61 Å². The summed E-state index contributed by atoms with van der Waals surface area (Å²) in [6, 6.07) is 0. The number of aliphatic hydroxyl groups excluding tert-OH is 1. The van der Waals surface area contributed by atoms with Crippen molar-refractivity contribution in [3.63, 3.8) is 0 Å². The van der Waals surface area contributed by atoms with Crippen LogP contribution < -0.4 is 0 Å². The molecule has 62 valence electrons. The SMILES string of the molecule is CC12[C@@H]3CC(C[C@H]31)[C@]2(C)CO. The van der Waals surface area contributed by atoms with Crippen molar-refractivity contribution in [2.45, 2.75) is 26.7 Å². The predicted molar refractivity (Wildman–Crippen MR) is 43.0 cm³/mol. The van der Waals surface area contributed by atoms with E-state index in [1.807, 2.05) is 0 Å². The Balaban J connectivity index is 2.10. The van der Waals surface area contributed by atoms with Gasteiger partial charge in [0.1, 0.15) is 0 Å². The van der Waals surface area contributed by atoms with Gasteiger partial charge in [-0.15, -0.1) is 0 Å². The summed E-state index contributed by atoms with van der Waals surface area (Å²) < 4.78 is 0. The molecule has 1 heteroatoms. The molecule has 1 nitrogen and oxygen atoms in total. The summed E-state index contributed by atoms with van der Waals surface area (Å²) in [6.07, 6.45) is 2.83. The number of rotatable bonds is 1. The summed E-state index contributed by atoms with van der Waals surface area (Å²) in [5.74, 6) is 2.83. The molecule has 4 aliphatic rings. The Kier molecular flexibility index (Phi) is 0.820. The Hall–Kier alpha value is -0.0400. The highest BCUT2D eigenvalue weighted by molar-refractivity contribution is 5.28. The highest BCUT2D eigenvalue weighted by Crippen LogP contribution is 2.85. The summed E-state index contributed by atoms with van der Waals surface area (Å²) in [4.78, 5) is 0. The Morgan fingerprint density at radius 2 is 1.82 bits per heavy atom. The fourth-order valence-electron chi connectivity index (χ4n) is 4.33. The van der Waals surface area contributed by atoms with Crippen LogP contribution in [0.15, 0.2) is 0 Å². The van der Waals surface area contributed by atoms with Crippen LogP contribution >= 0.6 is 0 Å². The lowest BCUT2D eigenvalue weighted by molar-refractivity contribution is 0.0663. The van der Waals surface area contributed by atoms with E-state index in [1.54, 1.807) is 0 Å². The predicted octanol–water partition coefficient (Wildman–Crippen LogP) is 1.66. The molecule has 0 aliphatic heterocycles. The Morgan fingerprint density at radius 1 is 1.27 bits per heavy atom. The summed E-state index contributed by atoms with van der Waals surface area (Å²) in [5, 5.41) is 9.38. The summed E-state index contributed by atoms with van der Waals surface area (Å²) >= 11 is 0. The molecular formula is C10H16O. The van der Waals surface area contributed by atoms with Gasteiger partial charge in [-0.1, -0.05) is 13.8 Å². The molecule has 0 aromatic heterocycles. The maximum Gasteiger partial charge on any atom is 0.0492 e. The minimum atomic E-state index is 0.294. The van der Waals surface area contributed by atoms with Crippen LogP contribution in [-0.2, 0) is 0 Å². The van der Waals surface area contributed by atoms with Crippen LogP contribution in [0.3, 0.4) is 0 Å². The van der Waals surface area contributed by atoms with Crippen molar-refractivity contribution >= 4 is 0 Å². The maximum atomic E-state index is 9.38. The molecule has 4 aliphatic carbocycles. The number of aliphatic hydroxyl groups is 1. The Labute approximate surface area is 67.8 Å². The second-order valence-corrected chi connectivity index (χ2v) is 5.24. The smallest absolute Gasteiger partial charge is 0.0492 e. The van der Waals surface area contributed by atoms with Crippen LogP contribution in [0.2, 0.25) is 0 Å². The molecule has 11 heavy (non-hydrogen) atoms. The molecule has 0 heterocycles.